The van der Waals surface area contributed by atoms with Crippen LogP contribution in [0.4, 0.5) is 0 Å². The topological polar surface area (TPSA) is 76.1 Å². The average Bonchev–Trinajstić information content (AvgIpc) is 2.48. The van der Waals surface area contributed by atoms with Crippen molar-refractivity contribution < 1.29 is 12.6 Å². The Kier molecular flexibility index (Phi) is 5.46. The van der Waals surface area contributed by atoms with E-state index in [1.54, 1.807) is 24.3 Å². The molecule has 1 unspecified atom stereocenters. The second kappa shape index (κ2) is 7.13. The molecule has 1 aromatic heterocycles. The summed E-state index contributed by atoms with van der Waals surface area (Å²) in [5, 5.41) is 0.241. The third kappa shape index (κ3) is 4.60. The molecule has 5 nitrogen and oxygen atoms in total. The zero-order chi connectivity index (χ0) is 15.3. The molecule has 0 aliphatic carbocycles. The fourth-order valence-corrected chi connectivity index (χ4v) is 3.95. The van der Waals surface area contributed by atoms with E-state index < -0.39 is 20.8 Å². The van der Waals surface area contributed by atoms with Crippen LogP contribution in [0.3, 0.4) is 0 Å². The molecular weight excluding hydrogens is 332 g/mol. The van der Waals surface area contributed by atoms with Gasteiger partial charge < -0.3 is 0 Å². The number of benzene rings is 1. The Morgan fingerprint density at radius 2 is 1.90 bits per heavy atom. The van der Waals surface area contributed by atoms with Crippen LogP contribution in [0, 0.1) is 0 Å². The lowest BCUT2D eigenvalue weighted by molar-refractivity contribution is 0.583. The van der Waals surface area contributed by atoms with Crippen molar-refractivity contribution >= 4 is 32.4 Å². The Hall–Kier alpha value is -1.28. The molecule has 1 N–H and O–H groups in total. The maximum atomic E-state index is 12.0. The molecule has 0 aliphatic rings. The van der Waals surface area contributed by atoms with Crippen LogP contribution in [0.1, 0.15) is 0 Å². The van der Waals surface area contributed by atoms with Gasteiger partial charge in [-0.05, 0) is 18.2 Å². The summed E-state index contributed by atoms with van der Waals surface area (Å²) in [6.45, 7) is 0.0658. The molecule has 0 spiro atoms. The number of rotatable bonds is 6. The van der Waals surface area contributed by atoms with Crippen molar-refractivity contribution in [3.05, 3.63) is 53.8 Å². The molecule has 0 amide bonds. The molecule has 2 rings (SSSR count). The van der Waals surface area contributed by atoms with E-state index in [1.807, 2.05) is 6.07 Å². The van der Waals surface area contributed by atoms with Crippen LogP contribution >= 0.6 is 11.6 Å². The van der Waals surface area contributed by atoms with Crippen molar-refractivity contribution in [3.8, 4) is 0 Å². The minimum atomic E-state index is -3.69. The molecule has 112 valence electrons. The van der Waals surface area contributed by atoms with Gasteiger partial charge in [-0.1, -0.05) is 29.8 Å². The van der Waals surface area contributed by atoms with E-state index in [-0.39, 0.29) is 22.2 Å². The lowest BCUT2D eigenvalue weighted by Gasteiger charge is -2.06. The third-order valence-electron chi connectivity index (χ3n) is 2.58. The Labute approximate surface area is 130 Å². The average molecular weight is 345 g/mol. The SMILES string of the molecule is O=S(CCNS(=O)(=O)c1cncc(Cl)c1)c1ccccc1. The number of pyridine rings is 1. The molecular formula is C13H13ClN2O3S2. The van der Waals surface area contributed by atoms with E-state index >= 15 is 0 Å². The maximum absolute atomic E-state index is 12.0. The number of nitrogens with one attached hydrogen (secondary N) is 1. The first-order valence-electron chi connectivity index (χ1n) is 6.03. The van der Waals surface area contributed by atoms with Crippen LogP contribution < -0.4 is 4.72 Å². The molecule has 1 heterocycles. The van der Waals surface area contributed by atoms with Gasteiger partial charge in [-0.25, -0.2) is 13.1 Å². The van der Waals surface area contributed by atoms with Gasteiger partial charge in [-0.15, -0.1) is 0 Å². The van der Waals surface area contributed by atoms with Crippen LogP contribution in [-0.2, 0) is 20.8 Å². The molecule has 2 aromatic rings. The summed E-state index contributed by atoms with van der Waals surface area (Å²) in [6.07, 6.45) is 2.56. The first-order chi connectivity index (χ1) is 9.99. The second-order valence-electron chi connectivity index (χ2n) is 4.10. The molecule has 0 radical (unpaired) electrons. The summed E-state index contributed by atoms with van der Waals surface area (Å²) in [7, 11) is -4.94. The van der Waals surface area contributed by atoms with Crippen LogP contribution in [0.15, 0.2) is 58.6 Å². The van der Waals surface area contributed by atoms with Gasteiger partial charge in [0.1, 0.15) is 4.90 Å². The molecule has 0 saturated carbocycles. The highest BCUT2D eigenvalue weighted by Gasteiger charge is 2.15. The number of aromatic nitrogens is 1. The van der Waals surface area contributed by atoms with Gasteiger partial charge in [0.2, 0.25) is 10.0 Å². The summed E-state index contributed by atoms with van der Waals surface area (Å²) < 4.78 is 38.3. The van der Waals surface area contributed by atoms with E-state index in [4.69, 9.17) is 11.6 Å². The molecule has 0 fully saturated rings. The van der Waals surface area contributed by atoms with Gasteiger partial charge in [0.25, 0.3) is 0 Å². The number of nitrogens with zero attached hydrogens (tertiary/aromatic N) is 1. The third-order valence-corrected chi connectivity index (χ3v) is 5.58. The summed E-state index contributed by atoms with van der Waals surface area (Å²) in [6, 6.07) is 10.2. The van der Waals surface area contributed by atoms with Gasteiger partial charge in [0.05, 0.1) is 15.8 Å². The predicted molar refractivity (Wildman–Crippen MR) is 82.2 cm³/mol. The zero-order valence-electron chi connectivity index (χ0n) is 10.9. The highest BCUT2D eigenvalue weighted by Crippen LogP contribution is 2.13. The van der Waals surface area contributed by atoms with Crippen LogP contribution in [0.5, 0.6) is 0 Å². The Morgan fingerprint density at radius 3 is 2.57 bits per heavy atom. The highest BCUT2D eigenvalue weighted by molar-refractivity contribution is 7.89. The van der Waals surface area contributed by atoms with E-state index in [0.29, 0.717) is 4.90 Å². The quantitative estimate of drug-likeness (QED) is 0.867. The lowest BCUT2D eigenvalue weighted by atomic mass is 10.4. The molecule has 1 aromatic carbocycles. The van der Waals surface area contributed by atoms with Gasteiger partial charge in [0, 0.05) is 29.6 Å². The number of hydrogen-bond donors (Lipinski definition) is 1. The van der Waals surface area contributed by atoms with Crippen molar-refractivity contribution in [1.82, 2.24) is 9.71 Å². The number of sulfonamides is 1. The maximum Gasteiger partial charge on any atom is 0.242 e. The van der Waals surface area contributed by atoms with Crippen LogP contribution in [-0.4, -0.2) is 29.9 Å². The van der Waals surface area contributed by atoms with E-state index in [1.165, 1.54) is 18.5 Å². The summed E-state index contributed by atoms with van der Waals surface area (Å²) in [4.78, 5) is 4.38. The normalized spacial score (nSPS) is 13.0. The Balaban J connectivity index is 1.95. The zero-order valence-corrected chi connectivity index (χ0v) is 13.3. The fourth-order valence-electron chi connectivity index (χ4n) is 1.58. The van der Waals surface area contributed by atoms with E-state index in [2.05, 4.69) is 9.71 Å². The van der Waals surface area contributed by atoms with Crippen LogP contribution in [0.2, 0.25) is 5.02 Å². The predicted octanol–water partition coefficient (Wildman–Crippen LogP) is 1.82. The molecule has 1 atom stereocenters. The number of halogens is 1. The van der Waals surface area contributed by atoms with Gasteiger partial charge >= 0.3 is 0 Å². The van der Waals surface area contributed by atoms with E-state index in [9.17, 15) is 12.6 Å². The largest absolute Gasteiger partial charge is 0.262 e. The van der Waals surface area contributed by atoms with Crippen molar-refractivity contribution in [2.45, 2.75) is 9.79 Å². The minimum absolute atomic E-state index is 0.0134. The van der Waals surface area contributed by atoms with Crippen LogP contribution in [0.25, 0.3) is 0 Å². The Bertz CT molecular complexity index is 736. The molecule has 0 saturated heterocycles. The number of hydrogen-bond acceptors (Lipinski definition) is 4. The van der Waals surface area contributed by atoms with Gasteiger partial charge in [-0.3, -0.25) is 9.19 Å². The standard InChI is InChI=1S/C13H13ClN2O3S2/c14-11-8-13(10-15-9-11)21(18,19)16-6-7-20(17)12-4-2-1-3-5-12/h1-5,8-10,16H,6-7H2. The van der Waals surface area contributed by atoms with E-state index in [0.717, 1.165) is 0 Å². The smallest absolute Gasteiger partial charge is 0.242 e. The van der Waals surface area contributed by atoms with Crippen molar-refractivity contribution in [1.29, 1.82) is 0 Å². The van der Waals surface area contributed by atoms with Crippen molar-refractivity contribution in [3.63, 3.8) is 0 Å². The lowest BCUT2D eigenvalue weighted by Crippen LogP contribution is -2.28. The molecule has 0 aliphatic heterocycles. The van der Waals surface area contributed by atoms with Crippen molar-refractivity contribution in [2.24, 2.45) is 0 Å². The molecule has 8 heteroatoms. The summed E-state index contributed by atoms with van der Waals surface area (Å²) in [5.74, 6) is 0.192. The summed E-state index contributed by atoms with van der Waals surface area (Å²) in [5.41, 5.74) is 0. The first-order valence-corrected chi connectivity index (χ1v) is 9.21. The summed E-state index contributed by atoms with van der Waals surface area (Å²) >= 11 is 5.71. The monoisotopic (exact) mass is 344 g/mol. The van der Waals surface area contributed by atoms with Gasteiger partial charge in [0.15, 0.2) is 0 Å². The fraction of sp³-hybridized carbons (Fsp3) is 0.154. The Morgan fingerprint density at radius 1 is 1.19 bits per heavy atom. The molecule has 0 bridgehead atoms. The molecule has 21 heavy (non-hydrogen) atoms. The van der Waals surface area contributed by atoms with Gasteiger partial charge in [-0.2, -0.15) is 0 Å². The minimum Gasteiger partial charge on any atom is -0.262 e. The van der Waals surface area contributed by atoms with Crippen molar-refractivity contribution in [2.75, 3.05) is 12.3 Å². The highest BCUT2D eigenvalue weighted by atomic mass is 35.5. The first kappa shape index (κ1) is 16.1. The second-order valence-corrected chi connectivity index (χ2v) is 7.87.